The summed E-state index contributed by atoms with van der Waals surface area (Å²) in [5.41, 5.74) is 1.42. The lowest BCUT2D eigenvalue weighted by Crippen LogP contribution is -2.03. The fourth-order valence-corrected chi connectivity index (χ4v) is 2.80. The monoisotopic (exact) mass is 330 g/mol. The molecular weight excluding hydrogens is 296 g/mol. The first-order valence-electron chi connectivity index (χ1n) is 9.87. The molecule has 0 bridgehead atoms. The van der Waals surface area contributed by atoms with E-state index in [9.17, 15) is 0 Å². The molecule has 24 heavy (non-hydrogen) atoms. The highest BCUT2D eigenvalue weighted by Crippen LogP contribution is 2.17. The number of allylic oxidation sites excluding steroid dienone is 2. The van der Waals surface area contributed by atoms with Gasteiger partial charge >= 0.3 is 0 Å². The molecule has 1 aromatic rings. The van der Waals surface area contributed by atoms with Crippen molar-refractivity contribution in [2.24, 2.45) is 0 Å². The van der Waals surface area contributed by atoms with Crippen molar-refractivity contribution >= 4 is 0 Å². The van der Waals surface area contributed by atoms with E-state index in [0.717, 1.165) is 12.4 Å². The zero-order chi connectivity index (χ0) is 16.9. The third-order valence-electron chi connectivity index (χ3n) is 4.49. The maximum Gasteiger partial charge on any atom is 0.119 e. The number of epoxide rings is 1. The third kappa shape index (κ3) is 9.12. The minimum atomic E-state index is 0.330. The lowest BCUT2D eigenvalue weighted by atomic mass is 10.1. The summed E-state index contributed by atoms with van der Waals surface area (Å²) in [6, 6.07) is 8.56. The molecule has 2 nitrogen and oxygen atoms in total. The van der Waals surface area contributed by atoms with Gasteiger partial charge in [-0.05, 0) is 56.2 Å². The van der Waals surface area contributed by atoms with Crippen molar-refractivity contribution in [1.82, 2.24) is 0 Å². The Morgan fingerprint density at radius 1 is 0.958 bits per heavy atom. The van der Waals surface area contributed by atoms with Crippen LogP contribution >= 0.6 is 0 Å². The van der Waals surface area contributed by atoms with Crippen LogP contribution in [-0.2, 0) is 11.2 Å². The van der Waals surface area contributed by atoms with Gasteiger partial charge in [0.25, 0.3) is 0 Å². The van der Waals surface area contributed by atoms with E-state index < -0.39 is 0 Å². The molecule has 0 radical (unpaired) electrons. The molecule has 1 aliphatic rings. The third-order valence-corrected chi connectivity index (χ3v) is 4.49. The highest BCUT2D eigenvalue weighted by atomic mass is 16.6. The topological polar surface area (TPSA) is 21.8 Å². The van der Waals surface area contributed by atoms with E-state index >= 15 is 0 Å². The minimum Gasteiger partial charge on any atom is -0.491 e. The van der Waals surface area contributed by atoms with Crippen molar-refractivity contribution in [2.75, 3.05) is 13.2 Å². The molecule has 1 fully saturated rings. The Morgan fingerprint density at radius 2 is 1.62 bits per heavy atom. The van der Waals surface area contributed by atoms with Crippen LogP contribution in [0, 0.1) is 0 Å². The van der Waals surface area contributed by atoms with E-state index in [4.69, 9.17) is 9.47 Å². The van der Waals surface area contributed by atoms with Crippen LogP contribution in [0.4, 0.5) is 0 Å². The molecule has 0 amide bonds. The fraction of sp³-hybridized carbons (Fsp3) is 0.636. The van der Waals surface area contributed by atoms with Crippen LogP contribution in [0.3, 0.4) is 0 Å². The summed E-state index contributed by atoms with van der Waals surface area (Å²) in [6.07, 6.45) is 18.1. The zero-order valence-corrected chi connectivity index (χ0v) is 15.3. The average molecular weight is 331 g/mol. The van der Waals surface area contributed by atoms with Gasteiger partial charge in [-0.25, -0.2) is 0 Å². The number of aryl methyl sites for hydroxylation is 1. The molecule has 2 heteroatoms. The van der Waals surface area contributed by atoms with Crippen molar-refractivity contribution in [1.29, 1.82) is 0 Å². The Morgan fingerprint density at radius 3 is 2.29 bits per heavy atom. The summed E-state index contributed by atoms with van der Waals surface area (Å²) in [6.45, 7) is 3.80. The zero-order valence-electron chi connectivity index (χ0n) is 15.3. The van der Waals surface area contributed by atoms with Crippen molar-refractivity contribution in [3.8, 4) is 5.75 Å². The Hall–Kier alpha value is -1.28. The van der Waals surface area contributed by atoms with Crippen LogP contribution in [0.1, 0.15) is 70.3 Å². The molecule has 2 rings (SSSR count). The lowest BCUT2D eigenvalue weighted by Gasteiger charge is -2.06. The maximum atomic E-state index is 5.66. The van der Waals surface area contributed by atoms with E-state index in [-0.39, 0.29) is 0 Å². The van der Waals surface area contributed by atoms with Crippen LogP contribution in [-0.4, -0.2) is 19.3 Å². The van der Waals surface area contributed by atoms with Crippen LogP contribution < -0.4 is 4.74 Å². The van der Waals surface area contributed by atoms with Crippen LogP contribution in [0.2, 0.25) is 0 Å². The SMILES string of the molecule is CCCCC/C=C/CCCCCCc1ccc(OCC2CO2)cc1. The van der Waals surface area contributed by atoms with E-state index in [1.165, 1.54) is 69.8 Å². The molecule has 134 valence electrons. The van der Waals surface area contributed by atoms with Crippen LogP contribution in [0.25, 0.3) is 0 Å². The van der Waals surface area contributed by atoms with Gasteiger partial charge < -0.3 is 9.47 Å². The van der Waals surface area contributed by atoms with Crippen molar-refractivity contribution in [3.63, 3.8) is 0 Å². The van der Waals surface area contributed by atoms with Crippen molar-refractivity contribution in [3.05, 3.63) is 42.0 Å². The number of rotatable bonds is 14. The second-order valence-corrected chi connectivity index (χ2v) is 6.83. The molecule has 1 heterocycles. The van der Waals surface area contributed by atoms with Crippen LogP contribution in [0.5, 0.6) is 5.75 Å². The molecule has 0 saturated carbocycles. The molecule has 1 unspecified atom stereocenters. The van der Waals surface area contributed by atoms with Crippen molar-refractivity contribution in [2.45, 2.75) is 77.2 Å². The Kier molecular flexibility index (Phi) is 9.63. The molecule has 0 N–H and O–H groups in total. The lowest BCUT2D eigenvalue weighted by molar-refractivity contribution is 0.263. The van der Waals surface area contributed by atoms with Gasteiger partial charge in [-0.15, -0.1) is 0 Å². The highest BCUT2D eigenvalue weighted by molar-refractivity contribution is 5.27. The van der Waals surface area contributed by atoms with E-state index in [1.54, 1.807) is 0 Å². The molecule has 0 aliphatic carbocycles. The smallest absolute Gasteiger partial charge is 0.119 e. The first-order valence-corrected chi connectivity index (χ1v) is 9.87. The molecule has 1 saturated heterocycles. The summed E-state index contributed by atoms with van der Waals surface area (Å²) < 4.78 is 10.8. The highest BCUT2D eigenvalue weighted by Gasteiger charge is 2.22. The predicted molar refractivity (Wildman–Crippen MR) is 102 cm³/mol. The van der Waals surface area contributed by atoms with Gasteiger partial charge in [0.2, 0.25) is 0 Å². The Labute approximate surface area is 148 Å². The fourth-order valence-electron chi connectivity index (χ4n) is 2.80. The molecule has 0 aromatic heterocycles. The standard InChI is InChI=1S/C22H34O2/c1-2-3-4-5-6-7-8-9-10-11-12-13-20-14-16-21(17-15-20)23-18-22-19-24-22/h6-7,14-17,22H,2-5,8-13,18-19H2,1H3/b7-6+. The quantitative estimate of drug-likeness (QED) is 0.234. The van der Waals surface area contributed by atoms with Crippen LogP contribution in [0.15, 0.2) is 36.4 Å². The number of benzene rings is 1. The number of hydrogen-bond acceptors (Lipinski definition) is 2. The predicted octanol–water partition coefficient (Wildman–Crippen LogP) is 6.09. The summed E-state index contributed by atoms with van der Waals surface area (Å²) >= 11 is 0. The first kappa shape index (κ1) is 19.1. The van der Waals surface area contributed by atoms with Gasteiger partial charge in [0, 0.05) is 0 Å². The Bertz CT molecular complexity index is 446. The maximum absolute atomic E-state index is 5.66. The Balaban J connectivity index is 1.43. The molecule has 1 atom stereocenters. The van der Waals surface area contributed by atoms with E-state index in [0.29, 0.717) is 12.7 Å². The minimum absolute atomic E-state index is 0.330. The van der Waals surface area contributed by atoms with E-state index in [2.05, 4.69) is 43.3 Å². The summed E-state index contributed by atoms with van der Waals surface area (Å²) in [5.74, 6) is 0.958. The molecule has 1 aromatic carbocycles. The van der Waals surface area contributed by atoms with Gasteiger partial charge in [0.05, 0.1) is 6.61 Å². The average Bonchev–Trinajstić information content (AvgIpc) is 3.43. The first-order chi connectivity index (χ1) is 11.9. The normalized spacial score (nSPS) is 16.6. The molecular formula is C22H34O2. The summed E-state index contributed by atoms with van der Waals surface area (Å²) in [4.78, 5) is 0. The molecule has 0 spiro atoms. The second-order valence-electron chi connectivity index (χ2n) is 6.83. The van der Waals surface area contributed by atoms with Gasteiger partial charge in [0.15, 0.2) is 0 Å². The number of ether oxygens (including phenoxy) is 2. The molecule has 1 aliphatic heterocycles. The summed E-state index contributed by atoms with van der Waals surface area (Å²) in [7, 11) is 0. The number of hydrogen-bond donors (Lipinski definition) is 0. The van der Waals surface area contributed by atoms with Gasteiger partial charge in [-0.3, -0.25) is 0 Å². The van der Waals surface area contributed by atoms with E-state index in [1.807, 2.05) is 0 Å². The van der Waals surface area contributed by atoms with Crippen molar-refractivity contribution < 1.29 is 9.47 Å². The van der Waals surface area contributed by atoms with Gasteiger partial charge in [-0.1, -0.05) is 56.9 Å². The van der Waals surface area contributed by atoms with Gasteiger partial charge in [-0.2, -0.15) is 0 Å². The number of unbranched alkanes of at least 4 members (excludes halogenated alkanes) is 7. The largest absolute Gasteiger partial charge is 0.491 e. The van der Waals surface area contributed by atoms with Gasteiger partial charge in [0.1, 0.15) is 18.5 Å². The second kappa shape index (κ2) is 12.1. The summed E-state index contributed by atoms with van der Waals surface area (Å²) in [5, 5.41) is 0.